The number of carbonyl (C=O) groups is 2. The van der Waals surface area contributed by atoms with E-state index >= 15 is 0 Å². The Morgan fingerprint density at radius 3 is 2.47 bits per heavy atom. The third-order valence-corrected chi connectivity index (χ3v) is 11.0. The van der Waals surface area contributed by atoms with Crippen LogP contribution < -0.4 is 5.32 Å². The van der Waals surface area contributed by atoms with Crippen molar-refractivity contribution >= 4 is 62.2 Å². The molecule has 0 aliphatic carbocycles. The highest BCUT2D eigenvalue weighted by Crippen LogP contribution is 2.37. The van der Waals surface area contributed by atoms with E-state index in [9.17, 15) is 18.0 Å². The summed E-state index contributed by atoms with van der Waals surface area (Å²) >= 11 is 12.5. The minimum Gasteiger partial charge on any atom is -0.359 e. The quantitative estimate of drug-likeness (QED) is 0.283. The van der Waals surface area contributed by atoms with Crippen molar-refractivity contribution in [1.82, 2.24) is 14.8 Å². The van der Waals surface area contributed by atoms with E-state index in [4.69, 9.17) is 23.2 Å². The van der Waals surface area contributed by atoms with Gasteiger partial charge in [0.2, 0.25) is 5.91 Å². The molecule has 2 aliphatic rings. The molecule has 0 saturated carbocycles. The van der Waals surface area contributed by atoms with Crippen LogP contribution in [-0.2, 0) is 31.6 Å². The van der Waals surface area contributed by atoms with Crippen molar-refractivity contribution in [2.24, 2.45) is 0 Å². The van der Waals surface area contributed by atoms with Crippen LogP contribution >= 0.6 is 23.2 Å². The minimum absolute atomic E-state index is 0.0592. The summed E-state index contributed by atoms with van der Waals surface area (Å²) in [6.45, 7) is 11.6. The number of anilines is 1. The van der Waals surface area contributed by atoms with Crippen molar-refractivity contribution in [1.29, 1.82) is 0 Å². The number of likely N-dealkylation sites (tertiary alicyclic amines) is 1. The molecular weight excluding hydrogens is 607 g/mol. The summed E-state index contributed by atoms with van der Waals surface area (Å²) in [5, 5.41) is 3.37. The molecule has 43 heavy (non-hydrogen) atoms. The van der Waals surface area contributed by atoms with Crippen LogP contribution in [-0.4, -0.2) is 67.2 Å². The van der Waals surface area contributed by atoms with Crippen LogP contribution in [0.3, 0.4) is 0 Å². The molecule has 11 heteroatoms. The SMILES string of the molecule is CCN(CC)C1CCN(C(=O)Cc2c(C)[nH]c(/C=C3\C(=O)Nc4ccc(S(=O)(=O)Cc5c(Cl)cccc5Cl)cc43)c2C)C1. The van der Waals surface area contributed by atoms with Gasteiger partial charge in [0.25, 0.3) is 5.91 Å². The van der Waals surface area contributed by atoms with Crippen LogP contribution in [0.2, 0.25) is 10.0 Å². The number of nitrogens with zero attached hydrogens (tertiary/aromatic N) is 2. The van der Waals surface area contributed by atoms with Crippen molar-refractivity contribution in [3.05, 3.63) is 80.1 Å². The predicted octanol–water partition coefficient (Wildman–Crippen LogP) is 5.89. The first-order valence-electron chi connectivity index (χ1n) is 14.5. The van der Waals surface area contributed by atoms with Gasteiger partial charge in [0.1, 0.15) is 0 Å². The number of sulfone groups is 1. The second kappa shape index (κ2) is 12.5. The molecule has 2 aromatic carbocycles. The lowest BCUT2D eigenvalue weighted by molar-refractivity contribution is -0.129. The van der Waals surface area contributed by atoms with Crippen LogP contribution in [0.1, 0.15) is 53.9 Å². The monoisotopic (exact) mass is 642 g/mol. The number of rotatable bonds is 9. The number of fused-ring (bicyclic) bond motifs is 1. The number of benzene rings is 2. The number of aromatic nitrogens is 1. The molecule has 2 aliphatic heterocycles. The number of likely N-dealkylation sites (N-methyl/N-ethyl adjacent to an activating group) is 1. The number of carbonyl (C=O) groups excluding carboxylic acids is 2. The summed E-state index contributed by atoms with van der Waals surface area (Å²) in [5.41, 5.74) is 5.05. The van der Waals surface area contributed by atoms with Gasteiger partial charge >= 0.3 is 0 Å². The molecule has 0 bridgehead atoms. The maximum absolute atomic E-state index is 13.4. The molecule has 1 fully saturated rings. The molecule has 228 valence electrons. The fourth-order valence-electron chi connectivity index (χ4n) is 6.09. The van der Waals surface area contributed by atoms with Crippen LogP contribution in [0.5, 0.6) is 0 Å². The van der Waals surface area contributed by atoms with Crippen LogP contribution in [0.25, 0.3) is 11.6 Å². The fourth-order valence-corrected chi connectivity index (χ4v) is 8.21. The van der Waals surface area contributed by atoms with E-state index in [1.54, 1.807) is 30.3 Å². The highest BCUT2D eigenvalue weighted by molar-refractivity contribution is 7.90. The molecule has 3 aromatic rings. The number of nitrogens with one attached hydrogen (secondary N) is 2. The molecule has 8 nitrogen and oxygen atoms in total. The van der Waals surface area contributed by atoms with Gasteiger partial charge in [0.15, 0.2) is 9.84 Å². The number of H-pyrrole nitrogens is 1. The number of aryl methyl sites for hydroxylation is 1. The Hall–Kier alpha value is -3.11. The van der Waals surface area contributed by atoms with Gasteiger partial charge in [-0.25, -0.2) is 8.42 Å². The third-order valence-electron chi connectivity index (χ3n) is 8.62. The summed E-state index contributed by atoms with van der Waals surface area (Å²) in [6, 6.07) is 9.82. The molecule has 0 radical (unpaired) electrons. The summed E-state index contributed by atoms with van der Waals surface area (Å²) in [5.74, 6) is -0.608. The fraction of sp³-hybridized carbons (Fsp3) is 0.375. The average Bonchev–Trinajstić information content (AvgIpc) is 3.64. The number of hydrogen-bond donors (Lipinski definition) is 2. The number of halogens is 2. The van der Waals surface area contributed by atoms with Crippen LogP contribution in [0.4, 0.5) is 5.69 Å². The van der Waals surface area contributed by atoms with E-state index in [-0.39, 0.29) is 38.9 Å². The molecule has 3 heterocycles. The first-order valence-corrected chi connectivity index (χ1v) is 16.9. The normalized spacial score (nSPS) is 17.7. The standard InChI is InChI=1S/C32H36Cl2N4O4S/c1-5-37(6-2)21-12-13-38(17-21)31(39)16-23-19(3)30(35-20(23)4)15-25-24-14-22(10-11-29(24)36-32(25)40)43(41,42)18-26-27(33)8-7-9-28(26)34/h7-11,14-15,21,35H,5-6,12-13,16-18H2,1-4H3,(H,36,40)/b25-15-. The van der Waals surface area contributed by atoms with Gasteiger partial charge in [-0.1, -0.05) is 43.1 Å². The van der Waals surface area contributed by atoms with Gasteiger partial charge in [0.05, 0.1) is 22.6 Å². The maximum atomic E-state index is 13.4. The second-order valence-electron chi connectivity index (χ2n) is 11.1. The van der Waals surface area contributed by atoms with Crippen molar-refractivity contribution in [2.45, 2.75) is 57.2 Å². The van der Waals surface area contributed by atoms with E-state index in [0.717, 1.165) is 49.4 Å². The zero-order chi connectivity index (χ0) is 31.1. The Balaban J connectivity index is 1.39. The first-order chi connectivity index (χ1) is 20.4. The van der Waals surface area contributed by atoms with E-state index < -0.39 is 9.84 Å². The van der Waals surface area contributed by atoms with Gasteiger partial charge in [-0.05, 0) is 80.9 Å². The highest BCUT2D eigenvalue weighted by Gasteiger charge is 2.31. The van der Waals surface area contributed by atoms with Gasteiger partial charge in [-0.2, -0.15) is 0 Å². The Morgan fingerprint density at radius 2 is 1.79 bits per heavy atom. The summed E-state index contributed by atoms with van der Waals surface area (Å²) in [7, 11) is -3.83. The molecule has 1 aromatic heterocycles. The molecule has 1 atom stereocenters. The van der Waals surface area contributed by atoms with Gasteiger partial charge < -0.3 is 15.2 Å². The van der Waals surface area contributed by atoms with Gasteiger partial charge in [-0.3, -0.25) is 14.5 Å². The number of amides is 2. The largest absolute Gasteiger partial charge is 0.359 e. The zero-order valence-corrected chi connectivity index (χ0v) is 27.1. The number of aromatic amines is 1. The molecule has 2 N–H and O–H groups in total. The molecule has 0 spiro atoms. The first kappa shape index (κ1) is 31.3. The van der Waals surface area contributed by atoms with Crippen molar-refractivity contribution in [3.63, 3.8) is 0 Å². The molecule has 1 saturated heterocycles. The molecule has 5 rings (SSSR count). The summed E-state index contributed by atoms with van der Waals surface area (Å²) < 4.78 is 26.7. The van der Waals surface area contributed by atoms with E-state index in [1.807, 2.05) is 18.7 Å². The van der Waals surface area contributed by atoms with Crippen molar-refractivity contribution < 1.29 is 18.0 Å². The number of hydrogen-bond acceptors (Lipinski definition) is 5. The summed E-state index contributed by atoms with van der Waals surface area (Å²) in [4.78, 5) is 34.1. The van der Waals surface area contributed by atoms with Crippen LogP contribution in [0, 0.1) is 13.8 Å². The molecule has 2 amide bonds. The summed E-state index contributed by atoms with van der Waals surface area (Å²) in [6.07, 6.45) is 2.98. The minimum atomic E-state index is -3.83. The lowest BCUT2D eigenvalue weighted by atomic mass is 10.0. The second-order valence-corrected chi connectivity index (χ2v) is 13.9. The predicted molar refractivity (Wildman–Crippen MR) is 172 cm³/mol. The van der Waals surface area contributed by atoms with E-state index in [1.165, 1.54) is 12.1 Å². The average molecular weight is 644 g/mol. The lowest BCUT2D eigenvalue weighted by Gasteiger charge is -2.26. The molecular formula is C32H36Cl2N4O4S. The molecule has 1 unspecified atom stereocenters. The van der Waals surface area contributed by atoms with Crippen molar-refractivity contribution in [3.8, 4) is 0 Å². The Bertz CT molecular complexity index is 1710. The van der Waals surface area contributed by atoms with Gasteiger partial charge in [0, 0.05) is 57.4 Å². The zero-order valence-electron chi connectivity index (χ0n) is 24.8. The highest BCUT2D eigenvalue weighted by atomic mass is 35.5. The topological polar surface area (TPSA) is 103 Å². The third kappa shape index (κ3) is 6.27. The van der Waals surface area contributed by atoms with Gasteiger partial charge in [-0.15, -0.1) is 0 Å². The maximum Gasteiger partial charge on any atom is 0.256 e. The lowest BCUT2D eigenvalue weighted by Crippen LogP contribution is -2.39. The Morgan fingerprint density at radius 1 is 1.09 bits per heavy atom. The van der Waals surface area contributed by atoms with Crippen molar-refractivity contribution in [2.75, 3.05) is 31.5 Å². The van der Waals surface area contributed by atoms with Crippen LogP contribution in [0.15, 0.2) is 41.3 Å². The van der Waals surface area contributed by atoms with E-state index in [2.05, 4.69) is 29.0 Å². The smallest absolute Gasteiger partial charge is 0.256 e. The van der Waals surface area contributed by atoms with E-state index in [0.29, 0.717) is 34.1 Å². The Kier molecular flexibility index (Phi) is 9.09. The Labute approximate surface area is 263 Å².